The van der Waals surface area contributed by atoms with E-state index in [1.807, 2.05) is 91.1 Å². The largest absolute Gasteiger partial charge is 0.457 e. The van der Waals surface area contributed by atoms with E-state index in [4.69, 9.17) is 33.5 Å². The van der Waals surface area contributed by atoms with Crippen molar-refractivity contribution in [3.05, 3.63) is 137 Å². The highest BCUT2D eigenvalue weighted by atomic mass is 35.5. The van der Waals surface area contributed by atoms with Crippen LogP contribution < -0.4 is 15.0 Å². The van der Waals surface area contributed by atoms with Crippen molar-refractivity contribution in [1.29, 1.82) is 0 Å². The number of aromatic nitrogens is 2. The van der Waals surface area contributed by atoms with Gasteiger partial charge in [-0.25, -0.2) is 0 Å². The van der Waals surface area contributed by atoms with E-state index in [-0.39, 0.29) is 12.1 Å². The van der Waals surface area contributed by atoms with Crippen LogP contribution in [0.3, 0.4) is 0 Å². The summed E-state index contributed by atoms with van der Waals surface area (Å²) in [6.45, 7) is 4.28. The second kappa shape index (κ2) is 10.6. The molecule has 2 atom stereocenters. The summed E-state index contributed by atoms with van der Waals surface area (Å²) in [5.74, 6) is 1.56. The van der Waals surface area contributed by atoms with Crippen LogP contribution in [0.4, 0.5) is 5.69 Å². The number of ether oxygens (including phenoxy) is 1. The summed E-state index contributed by atoms with van der Waals surface area (Å²) in [6.07, 6.45) is 1.83. The fourth-order valence-electron chi connectivity index (χ4n) is 5.32. The fourth-order valence-corrected chi connectivity index (χ4v) is 5.79. The van der Waals surface area contributed by atoms with Gasteiger partial charge in [-0.15, -0.1) is 0 Å². The van der Waals surface area contributed by atoms with Crippen LogP contribution in [0.15, 0.2) is 109 Å². The summed E-state index contributed by atoms with van der Waals surface area (Å²) >= 11 is 12.1. The molecule has 0 aliphatic carbocycles. The zero-order valence-corrected chi connectivity index (χ0v) is 23.2. The Morgan fingerprint density at radius 1 is 0.821 bits per heavy atom. The number of para-hydroxylation sites is 1. The standard InChI is InChI=1S/C32H27ClN4OS/c1-21-20-28(22(2)36(21)24-13-11-23(33)12-14-24)31-30(29-10-6-7-19-34-29)35-32(39)37(31)25-15-17-27(18-16-25)38-26-8-4-3-5-9-26/h3-20,30-31H,1-2H3,(H,35,39)/t30-,31+/m0/s1. The van der Waals surface area contributed by atoms with Gasteiger partial charge in [0, 0.05) is 34.0 Å². The molecule has 3 heterocycles. The molecule has 194 valence electrons. The Balaban J connectivity index is 1.41. The van der Waals surface area contributed by atoms with Gasteiger partial charge in [-0.3, -0.25) is 4.98 Å². The lowest BCUT2D eigenvalue weighted by molar-refractivity contribution is 0.482. The Bertz CT molecular complexity index is 1600. The number of benzene rings is 3. The third kappa shape index (κ3) is 4.89. The smallest absolute Gasteiger partial charge is 0.174 e. The van der Waals surface area contributed by atoms with Crippen molar-refractivity contribution in [2.45, 2.75) is 25.9 Å². The Kier molecular flexibility index (Phi) is 6.81. The molecule has 0 bridgehead atoms. The molecule has 1 aliphatic rings. The number of hydrogen-bond donors (Lipinski definition) is 1. The first-order chi connectivity index (χ1) is 19.0. The maximum atomic E-state index is 6.18. The fraction of sp³-hybridized carbons (Fsp3) is 0.125. The summed E-state index contributed by atoms with van der Waals surface area (Å²) in [7, 11) is 0. The van der Waals surface area contributed by atoms with Gasteiger partial charge in [0.05, 0.1) is 17.8 Å². The van der Waals surface area contributed by atoms with E-state index in [0.717, 1.165) is 40.0 Å². The zero-order valence-electron chi connectivity index (χ0n) is 21.6. The summed E-state index contributed by atoms with van der Waals surface area (Å²) in [5, 5.41) is 4.93. The monoisotopic (exact) mass is 550 g/mol. The zero-order chi connectivity index (χ0) is 26.9. The molecule has 0 radical (unpaired) electrons. The highest BCUT2D eigenvalue weighted by Gasteiger charge is 2.42. The molecule has 2 aromatic heterocycles. The first kappa shape index (κ1) is 25.2. The van der Waals surface area contributed by atoms with Crippen molar-refractivity contribution in [3.63, 3.8) is 0 Å². The van der Waals surface area contributed by atoms with Gasteiger partial charge in [0.2, 0.25) is 0 Å². The number of nitrogens with one attached hydrogen (secondary N) is 1. The van der Waals surface area contributed by atoms with Crippen LogP contribution in [-0.2, 0) is 0 Å². The van der Waals surface area contributed by atoms with Crippen LogP contribution in [0.1, 0.15) is 34.7 Å². The summed E-state index contributed by atoms with van der Waals surface area (Å²) in [4.78, 5) is 6.89. The van der Waals surface area contributed by atoms with E-state index in [1.165, 1.54) is 5.56 Å². The molecule has 0 saturated carbocycles. The maximum absolute atomic E-state index is 6.18. The predicted molar refractivity (Wildman–Crippen MR) is 161 cm³/mol. The van der Waals surface area contributed by atoms with Crippen molar-refractivity contribution in [2.24, 2.45) is 0 Å². The first-order valence-electron chi connectivity index (χ1n) is 12.8. The number of halogens is 1. The molecule has 5 aromatic rings. The number of nitrogens with zero attached hydrogens (tertiary/aromatic N) is 3. The lowest BCUT2D eigenvalue weighted by Crippen LogP contribution is -2.29. The quantitative estimate of drug-likeness (QED) is 0.216. The minimum atomic E-state index is -0.127. The second-order valence-electron chi connectivity index (χ2n) is 9.54. The van der Waals surface area contributed by atoms with E-state index in [1.54, 1.807) is 0 Å². The van der Waals surface area contributed by atoms with Gasteiger partial charge >= 0.3 is 0 Å². The Labute approximate surface area is 238 Å². The molecular weight excluding hydrogens is 524 g/mol. The number of rotatable bonds is 6. The minimum absolute atomic E-state index is 0.111. The second-order valence-corrected chi connectivity index (χ2v) is 10.4. The predicted octanol–water partition coefficient (Wildman–Crippen LogP) is 8.11. The van der Waals surface area contributed by atoms with Crippen LogP contribution in [0, 0.1) is 13.8 Å². The van der Waals surface area contributed by atoms with E-state index in [0.29, 0.717) is 10.1 Å². The van der Waals surface area contributed by atoms with Crippen LogP contribution in [0.2, 0.25) is 5.02 Å². The lowest BCUT2D eigenvalue weighted by Gasteiger charge is -2.28. The SMILES string of the molecule is Cc1cc([C@@H]2[C@H](c3ccccn3)NC(=S)N2c2ccc(Oc3ccccc3)cc2)c(C)n1-c1ccc(Cl)cc1. The molecule has 0 amide bonds. The Morgan fingerprint density at radius 3 is 2.18 bits per heavy atom. The maximum Gasteiger partial charge on any atom is 0.174 e. The number of hydrogen-bond acceptors (Lipinski definition) is 3. The number of aryl methyl sites for hydroxylation is 1. The van der Waals surface area contributed by atoms with Crippen LogP contribution in [0.25, 0.3) is 5.69 Å². The molecule has 1 saturated heterocycles. The topological polar surface area (TPSA) is 42.3 Å². The van der Waals surface area contributed by atoms with Gasteiger partial charge in [0.1, 0.15) is 11.5 Å². The lowest BCUT2D eigenvalue weighted by atomic mass is 9.96. The minimum Gasteiger partial charge on any atom is -0.457 e. The van der Waals surface area contributed by atoms with Crippen molar-refractivity contribution in [2.75, 3.05) is 4.90 Å². The average molecular weight is 551 g/mol. The molecule has 1 fully saturated rings. The molecule has 3 aromatic carbocycles. The van der Waals surface area contributed by atoms with E-state index >= 15 is 0 Å². The molecule has 39 heavy (non-hydrogen) atoms. The van der Waals surface area contributed by atoms with E-state index in [9.17, 15) is 0 Å². The number of anilines is 1. The number of pyridine rings is 1. The molecule has 5 nitrogen and oxygen atoms in total. The molecular formula is C32H27ClN4OS. The average Bonchev–Trinajstić information content (AvgIpc) is 3.45. The van der Waals surface area contributed by atoms with E-state index < -0.39 is 0 Å². The normalized spacial score (nSPS) is 16.8. The third-order valence-corrected chi connectivity index (χ3v) is 7.63. The summed E-state index contributed by atoms with van der Waals surface area (Å²) < 4.78 is 8.29. The van der Waals surface area contributed by atoms with Gasteiger partial charge in [0.15, 0.2) is 5.11 Å². The van der Waals surface area contributed by atoms with Gasteiger partial charge < -0.3 is 19.5 Å². The van der Waals surface area contributed by atoms with E-state index in [2.05, 4.69) is 46.8 Å². The molecule has 0 spiro atoms. The Morgan fingerprint density at radius 2 is 1.49 bits per heavy atom. The van der Waals surface area contributed by atoms with Crippen LogP contribution in [0.5, 0.6) is 11.5 Å². The van der Waals surface area contributed by atoms with Crippen molar-refractivity contribution in [1.82, 2.24) is 14.9 Å². The third-order valence-electron chi connectivity index (χ3n) is 7.07. The molecule has 1 N–H and O–H groups in total. The molecule has 0 unspecified atom stereocenters. The highest BCUT2D eigenvalue weighted by molar-refractivity contribution is 7.80. The molecule has 6 rings (SSSR count). The molecule has 7 heteroatoms. The summed E-state index contributed by atoms with van der Waals surface area (Å²) in [5.41, 5.74) is 6.43. The van der Waals surface area contributed by atoms with Crippen molar-refractivity contribution >= 4 is 34.6 Å². The van der Waals surface area contributed by atoms with Gasteiger partial charge in [-0.2, -0.15) is 0 Å². The van der Waals surface area contributed by atoms with Crippen molar-refractivity contribution < 1.29 is 4.74 Å². The van der Waals surface area contributed by atoms with Gasteiger partial charge in [-0.05, 0) is 110 Å². The first-order valence-corrected chi connectivity index (χ1v) is 13.6. The Hall–Kier alpha value is -4.13. The van der Waals surface area contributed by atoms with Gasteiger partial charge in [-0.1, -0.05) is 35.9 Å². The summed E-state index contributed by atoms with van der Waals surface area (Å²) in [6, 6.07) is 33.8. The van der Waals surface area contributed by atoms with Crippen LogP contribution >= 0.6 is 23.8 Å². The molecule has 1 aliphatic heterocycles. The van der Waals surface area contributed by atoms with Crippen molar-refractivity contribution in [3.8, 4) is 17.2 Å². The number of thiocarbonyl (C=S) groups is 1. The highest BCUT2D eigenvalue weighted by Crippen LogP contribution is 2.44. The van der Waals surface area contributed by atoms with Gasteiger partial charge in [0.25, 0.3) is 0 Å². The van der Waals surface area contributed by atoms with Crippen LogP contribution in [-0.4, -0.2) is 14.7 Å².